The van der Waals surface area contributed by atoms with Crippen LogP contribution in [0, 0.1) is 0 Å². The predicted octanol–water partition coefficient (Wildman–Crippen LogP) is -1.88. The number of nitrogens with zero attached hydrogens (tertiary/aromatic N) is 3. The Morgan fingerprint density at radius 1 is 1.08 bits per heavy atom. The Morgan fingerprint density at radius 3 is 2.46 bits per heavy atom. The monoisotopic (exact) mass is 331 g/mol. The second-order valence-electron chi connectivity index (χ2n) is 6.17. The molecule has 1 saturated heterocycles. The van der Waals surface area contributed by atoms with E-state index in [-0.39, 0.29) is 5.95 Å². The summed E-state index contributed by atoms with van der Waals surface area (Å²) < 4.78 is 5.16. The van der Waals surface area contributed by atoms with E-state index in [2.05, 4.69) is 27.3 Å². The summed E-state index contributed by atoms with van der Waals surface area (Å²) in [6, 6.07) is 7.58. The molecule has 0 amide bonds. The summed E-state index contributed by atoms with van der Waals surface area (Å²) in [6.07, 6.45) is 0. The standard InChI is InChI=1S/C16H23N7O/c1-22-7-9-23(10-8-22)11-14-19-15(17)21-16(20-14)18-12-3-5-13(24-2)6-4-12/h3-6H,7-11H2,1-2H3,(H3,17,18,19,20,21)/p+2. The maximum Gasteiger partial charge on any atom is 0.232 e. The Balaban J connectivity index is 1.68. The van der Waals surface area contributed by atoms with Gasteiger partial charge in [0.15, 0.2) is 5.82 Å². The van der Waals surface area contributed by atoms with Gasteiger partial charge < -0.3 is 25.6 Å². The van der Waals surface area contributed by atoms with Crippen LogP contribution in [0.5, 0.6) is 5.75 Å². The zero-order chi connectivity index (χ0) is 16.9. The lowest BCUT2D eigenvalue weighted by Crippen LogP contribution is -3.26. The molecule has 0 atom stereocenters. The van der Waals surface area contributed by atoms with Crippen molar-refractivity contribution in [1.29, 1.82) is 0 Å². The van der Waals surface area contributed by atoms with Gasteiger partial charge in [0.25, 0.3) is 0 Å². The first-order valence-electron chi connectivity index (χ1n) is 8.19. The number of aromatic nitrogens is 3. The largest absolute Gasteiger partial charge is 0.497 e. The topological polar surface area (TPSA) is 94.8 Å². The highest BCUT2D eigenvalue weighted by atomic mass is 16.5. The number of anilines is 3. The molecule has 128 valence electrons. The van der Waals surface area contributed by atoms with Gasteiger partial charge in [-0.1, -0.05) is 0 Å². The van der Waals surface area contributed by atoms with Gasteiger partial charge in [-0.15, -0.1) is 0 Å². The average molecular weight is 331 g/mol. The van der Waals surface area contributed by atoms with Gasteiger partial charge in [-0.25, -0.2) is 0 Å². The quantitative estimate of drug-likeness (QED) is 0.512. The Labute approximate surface area is 141 Å². The molecule has 0 radical (unpaired) electrons. The number of nitrogen functional groups attached to an aromatic ring is 1. The molecule has 24 heavy (non-hydrogen) atoms. The molecule has 1 aliphatic heterocycles. The van der Waals surface area contributed by atoms with Crippen LogP contribution in [-0.4, -0.2) is 55.3 Å². The number of quaternary nitrogens is 2. The molecule has 0 unspecified atom stereocenters. The maximum atomic E-state index is 5.85. The van der Waals surface area contributed by atoms with E-state index < -0.39 is 0 Å². The minimum absolute atomic E-state index is 0.246. The third-order valence-electron chi connectivity index (χ3n) is 4.26. The zero-order valence-corrected chi connectivity index (χ0v) is 14.2. The molecule has 2 aromatic rings. The van der Waals surface area contributed by atoms with E-state index in [0.717, 1.165) is 36.9 Å². The van der Waals surface area contributed by atoms with Gasteiger partial charge in [0.1, 0.15) is 38.5 Å². The normalized spacial score (nSPS) is 20.6. The first-order valence-corrected chi connectivity index (χ1v) is 8.19. The summed E-state index contributed by atoms with van der Waals surface area (Å²) in [5, 5.41) is 3.17. The summed E-state index contributed by atoms with van der Waals surface area (Å²) in [7, 11) is 3.87. The lowest BCUT2D eigenvalue weighted by molar-refractivity contribution is -1.01. The number of nitrogens with two attached hydrogens (primary N) is 1. The SMILES string of the molecule is COc1ccc(Nc2nc(N)nc(C[NH+]3CC[NH+](C)CC3)n2)cc1. The van der Waals surface area contributed by atoms with Crippen LogP contribution >= 0.6 is 0 Å². The fraction of sp³-hybridized carbons (Fsp3) is 0.438. The number of hydrogen-bond acceptors (Lipinski definition) is 6. The number of benzene rings is 1. The average Bonchev–Trinajstić information content (AvgIpc) is 2.57. The van der Waals surface area contributed by atoms with Crippen LogP contribution in [0.15, 0.2) is 24.3 Å². The van der Waals surface area contributed by atoms with Gasteiger partial charge in [-0.3, -0.25) is 0 Å². The number of ether oxygens (including phenoxy) is 1. The number of likely N-dealkylation sites (N-methyl/N-ethyl adjacent to an activating group) is 1. The van der Waals surface area contributed by atoms with E-state index in [1.807, 2.05) is 24.3 Å². The lowest BCUT2D eigenvalue weighted by atomic mass is 10.3. The molecular weight excluding hydrogens is 306 g/mol. The fourth-order valence-electron chi connectivity index (χ4n) is 2.81. The van der Waals surface area contributed by atoms with Gasteiger partial charge in [0.05, 0.1) is 14.2 Å². The van der Waals surface area contributed by atoms with Crippen molar-refractivity contribution < 1.29 is 14.5 Å². The maximum absolute atomic E-state index is 5.85. The van der Waals surface area contributed by atoms with Crippen molar-refractivity contribution in [2.24, 2.45) is 0 Å². The number of piperazine rings is 1. The van der Waals surface area contributed by atoms with E-state index in [1.54, 1.807) is 12.0 Å². The van der Waals surface area contributed by atoms with E-state index in [9.17, 15) is 0 Å². The fourth-order valence-corrected chi connectivity index (χ4v) is 2.81. The first-order chi connectivity index (χ1) is 11.6. The van der Waals surface area contributed by atoms with E-state index in [4.69, 9.17) is 10.5 Å². The number of hydrogen-bond donors (Lipinski definition) is 4. The second-order valence-corrected chi connectivity index (χ2v) is 6.17. The number of nitrogens with one attached hydrogen (secondary N) is 3. The molecule has 1 aromatic carbocycles. The van der Waals surface area contributed by atoms with Crippen LogP contribution in [0.1, 0.15) is 5.82 Å². The molecule has 0 bridgehead atoms. The molecule has 0 spiro atoms. The Hall–Kier alpha value is -2.45. The second kappa shape index (κ2) is 7.41. The highest BCUT2D eigenvalue weighted by molar-refractivity contribution is 5.55. The lowest BCUT2D eigenvalue weighted by Gasteiger charge is -2.26. The molecule has 0 saturated carbocycles. The van der Waals surface area contributed by atoms with E-state index in [0.29, 0.717) is 5.95 Å². The van der Waals surface area contributed by atoms with Crippen LogP contribution in [0.25, 0.3) is 0 Å². The molecule has 1 aliphatic rings. The van der Waals surface area contributed by atoms with Crippen molar-refractivity contribution in [3.63, 3.8) is 0 Å². The first kappa shape index (κ1) is 16.4. The smallest absolute Gasteiger partial charge is 0.232 e. The van der Waals surface area contributed by atoms with Gasteiger partial charge in [0, 0.05) is 5.69 Å². The van der Waals surface area contributed by atoms with Crippen molar-refractivity contribution in [2.45, 2.75) is 6.54 Å². The Morgan fingerprint density at radius 2 is 1.79 bits per heavy atom. The van der Waals surface area contributed by atoms with Gasteiger partial charge in [-0.2, -0.15) is 15.0 Å². The number of rotatable bonds is 5. The van der Waals surface area contributed by atoms with Gasteiger partial charge in [0.2, 0.25) is 11.9 Å². The van der Waals surface area contributed by atoms with Gasteiger partial charge in [-0.05, 0) is 24.3 Å². The van der Waals surface area contributed by atoms with Crippen LogP contribution < -0.4 is 25.6 Å². The van der Waals surface area contributed by atoms with Gasteiger partial charge >= 0.3 is 0 Å². The summed E-state index contributed by atoms with van der Waals surface area (Å²) in [4.78, 5) is 16.0. The van der Waals surface area contributed by atoms with Crippen molar-refractivity contribution in [2.75, 3.05) is 51.4 Å². The van der Waals surface area contributed by atoms with Crippen molar-refractivity contribution >= 4 is 17.6 Å². The van der Waals surface area contributed by atoms with Crippen molar-refractivity contribution in [1.82, 2.24) is 15.0 Å². The molecular formula is C16H25N7O+2. The van der Waals surface area contributed by atoms with Crippen molar-refractivity contribution in [3.8, 4) is 5.75 Å². The highest BCUT2D eigenvalue weighted by Crippen LogP contribution is 2.17. The molecule has 5 N–H and O–H groups in total. The van der Waals surface area contributed by atoms with Crippen LogP contribution in [0.3, 0.4) is 0 Å². The number of methoxy groups -OCH3 is 1. The predicted molar refractivity (Wildman–Crippen MR) is 91.5 cm³/mol. The summed E-state index contributed by atoms with van der Waals surface area (Å²) in [5.74, 6) is 2.25. The summed E-state index contributed by atoms with van der Waals surface area (Å²) >= 11 is 0. The highest BCUT2D eigenvalue weighted by Gasteiger charge is 2.21. The Bertz CT molecular complexity index is 669. The Kier molecular flexibility index (Phi) is 5.07. The van der Waals surface area contributed by atoms with E-state index in [1.165, 1.54) is 18.0 Å². The molecule has 1 fully saturated rings. The molecule has 2 heterocycles. The minimum atomic E-state index is 0.246. The zero-order valence-electron chi connectivity index (χ0n) is 14.2. The third-order valence-corrected chi connectivity index (χ3v) is 4.26. The third kappa shape index (κ3) is 4.30. The summed E-state index contributed by atoms with van der Waals surface area (Å²) in [5.41, 5.74) is 6.73. The van der Waals surface area contributed by atoms with Crippen LogP contribution in [0.2, 0.25) is 0 Å². The molecule has 1 aromatic heterocycles. The van der Waals surface area contributed by atoms with Crippen LogP contribution in [-0.2, 0) is 6.54 Å². The van der Waals surface area contributed by atoms with E-state index >= 15 is 0 Å². The molecule has 3 rings (SSSR count). The summed E-state index contributed by atoms with van der Waals surface area (Å²) in [6.45, 7) is 5.37. The minimum Gasteiger partial charge on any atom is -0.497 e. The van der Waals surface area contributed by atoms with Crippen LogP contribution in [0.4, 0.5) is 17.6 Å². The molecule has 8 nitrogen and oxygen atoms in total. The molecule has 8 heteroatoms. The molecule has 0 aliphatic carbocycles. The van der Waals surface area contributed by atoms with Crippen molar-refractivity contribution in [3.05, 3.63) is 30.1 Å².